The average Bonchev–Trinajstić information content (AvgIpc) is 2.91. The minimum absolute atomic E-state index is 0.0697. The molecule has 0 spiro atoms. The van der Waals surface area contributed by atoms with Gasteiger partial charge < -0.3 is 24.5 Å². The fourth-order valence-corrected chi connectivity index (χ4v) is 5.78. The number of rotatable bonds is 6. The van der Waals surface area contributed by atoms with E-state index in [-0.39, 0.29) is 64.3 Å². The van der Waals surface area contributed by atoms with Gasteiger partial charge in [-0.1, -0.05) is 0 Å². The van der Waals surface area contributed by atoms with Crippen LogP contribution >= 0.6 is 0 Å². The summed E-state index contributed by atoms with van der Waals surface area (Å²) in [6, 6.07) is 2.63. The van der Waals surface area contributed by atoms with Crippen LogP contribution in [0.2, 0.25) is 0 Å². The molecule has 4 heterocycles. The van der Waals surface area contributed by atoms with E-state index in [0.717, 1.165) is 11.9 Å². The molecule has 40 heavy (non-hydrogen) atoms. The van der Waals surface area contributed by atoms with Gasteiger partial charge >= 0.3 is 0 Å². The number of pyridine rings is 1. The molecular weight excluding hydrogens is 520 g/mol. The van der Waals surface area contributed by atoms with Gasteiger partial charge in [0.1, 0.15) is 5.69 Å². The van der Waals surface area contributed by atoms with Crippen molar-refractivity contribution in [3.05, 3.63) is 51.4 Å². The molecule has 216 valence electrons. The van der Waals surface area contributed by atoms with E-state index in [1.54, 1.807) is 13.0 Å². The van der Waals surface area contributed by atoms with Crippen LogP contribution < -0.4 is 10.7 Å². The van der Waals surface area contributed by atoms with Gasteiger partial charge in [0.2, 0.25) is 5.95 Å². The highest BCUT2D eigenvalue weighted by atomic mass is 19.1. The SMILES string of the molecule is Cc1c(CN2[C@H](C)COC[C@H]2C)n(C(C)C)c2c(F)c(-c3nc(N[C@@H]4CCOC[C@H]4O)ncc3F)ccc2c1=O. The summed E-state index contributed by atoms with van der Waals surface area (Å²) in [5.74, 6) is -1.44. The second kappa shape index (κ2) is 11.5. The second-order valence-corrected chi connectivity index (χ2v) is 11.2. The minimum Gasteiger partial charge on any atom is -0.389 e. The molecule has 0 amide bonds. The standard InChI is InChI=1S/C29H37F2N5O4/c1-15(2)36-23(11-35-16(3)12-40-13-17(35)4)18(5)28(38)20-7-6-19(25(31)27(20)36)26-21(30)10-32-29(34-26)33-22-8-9-39-14-24(22)37/h6-7,10,15-17,22,24,37H,8-9,11-14H2,1-5H3,(H,32,33,34)/t16-,17-,22-,24-/m1/s1. The van der Waals surface area contributed by atoms with Gasteiger partial charge in [-0.05, 0) is 53.2 Å². The van der Waals surface area contributed by atoms with Crippen LogP contribution in [0.4, 0.5) is 14.7 Å². The Hall–Kier alpha value is -2.99. The summed E-state index contributed by atoms with van der Waals surface area (Å²) in [6.45, 7) is 12.1. The quantitative estimate of drug-likeness (QED) is 0.472. The molecule has 11 heteroatoms. The van der Waals surface area contributed by atoms with E-state index in [1.807, 2.05) is 18.4 Å². The van der Waals surface area contributed by atoms with Gasteiger partial charge in [-0.3, -0.25) is 9.69 Å². The number of anilines is 1. The fraction of sp³-hybridized carbons (Fsp3) is 0.552. The molecule has 2 N–H and O–H groups in total. The van der Waals surface area contributed by atoms with Crippen LogP contribution in [0.3, 0.4) is 0 Å². The van der Waals surface area contributed by atoms with Crippen molar-refractivity contribution in [1.82, 2.24) is 19.4 Å². The Labute approximate surface area is 232 Å². The van der Waals surface area contributed by atoms with Crippen molar-refractivity contribution in [3.8, 4) is 11.3 Å². The summed E-state index contributed by atoms with van der Waals surface area (Å²) in [5, 5.41) is 13.5. The Bertz CT molecular complexity index is 1450. The summed E-state index contributed by atoms with van der Waals surface area (Å²) in [4.78, 5) is 24.1. The maximum absolute atomic E-state index is 16.5. The zero-order valence-electron chi connectivity index (χ0n) is 23.6. The number of aromatic nitrogens is 3. The molecule has 9 nitrogen and oxygen atoms in total. The molecular formula is C29H37F2N5O4. The van der Waals surface area contributed by atoms with E-state index < -0.39 is 17.7 Å². The number of hydrogen-bond donors (Lipinski definition) is 2. The molecule has 2 aliphatic rings. The molecule has 0 saturated carbocycles. The van der Waals surface area contributed by atoms with Crippen LogP contribution in [-0.2, 0) is 16.0 Å². The molecule has 2 fully saturated rings. The molecule has 0 bridgehead atoms. The highest BCUT2D eigenvalue weighted by Gasteiger charge is 2.30. The smallest absolute Gasteiger partial charge is 0.223 e. The lowest BCUT2D eigenvalue weighted by molar-refractivity contribution is -0.0421. The van der Waals surface area contributed by atoms with E-state index in [2.05, 4.69) is 34.0 Å². The zero-order chi connectivity index (χ0) is 28.7. The van der Waals surface area contributed by atoms with Gasteiger partial charge in [-0.25, -0.2) is 18.7 Å². The number of nitrogens with zero attached hydrogens (tertiary/aromatic N) is 4. The largest absolute Gasteiger partial charge is 0.389 e. The highest BCUT2D eigenvalue weighted by molar-refractivity contribution is 5.86. The van der Waals surface area contributed by atoms with Crippen molar-refractivity contribution in [3.63, 3.8) is 0 Å². The average molecular weight is 558 g/mol. The van der Waals surface area contributed by atoms with Gasteiger partial charge in [-0.2, -0.15) is 0 Å². The molecule has 2 aliphatic heterocycles. The number of halogens is 2. The topological polar surface area (TPSA) is 102 Å². The minimum atomic E-state index is -0.793. The van der Waals surface area contributed by atoms with Crippen molar-refractivity contribution in [2.45, 2.75) is 77.9 Å². The predicted octanol–water partition coefficient (Wildman–Crippen LogP) is 3.80. The first-order chi connectivity index (χ1) is 19.1. The van der Waals surface area contributed by atoms with Crippen LogP contribution in [0.5, 0.6) is 0 Å². The lowest BCUT2D eigenvalue weighted by Gasteiger charge is -2.39. The molecule has 0 unspecified atom stereocenters. The maximum Gasteiger partial charge on any atom is 0.223 e. The van der Waals surface area contributed by atoms with Crippen LogP contribution in [0.15, 0.2) is 23.1 Å². The van der Waals surface area contributed by atoms with Gasteiger partial charge in [-0.15, -0.1) is 0 Å². The predicted molar refractivity (Wildman–Crippen MR) is 148 cm³/mol. The van der Waals surface area contributed by atoms with Gasteiger partial charge in [0, 0.05) is 53.5 Å². The van der Waals surface area contributed by atoms with Crippen molar-refractivity contribution in [2.24, 2.45) is 0 Å². The van der Waals surface area contributed by atoms with E-state index in [1.165, 1.54) is 6.07 Å². The van der Waals surface area contributed by atoms with Crippen LogP contribution in [-0.4, -0.2) is 75.2 Å². The molecule has 0 aliphatic carbocycles. The number of nitrogens with one attached hydrogen (secondary N) is 1. The summed E-state index contributed by atoms with van der Waals surface area (Å²) in [6.07, 6.45) is 0.726. The fourth-order valence-electron chi connectivity index (χ4n) is 5.78. The monoisotopic (exact) mass is 557 g/mol. The summed E-state index contributed by atoms with van der Waals surface area (Å²) < 4.78 is 44.4. The number of benzene rings is 1. The van der Waals surface area contributed by atoms with Crippen molar-refractivity contribution in [1.29, 1.82) is 0 Å². The summed E-state index contributed by atoms with van der Waals surface area (Å²) in [7, 11) is 0. The first kappa shape index (κ1) is 28.5. The molecule has 2 saturated heterocycles. The van der Waals surface area contributed by atoms with Crippen LogP contribution in [0.1, 0.15) is 51.4 Å². The second-order valence-electron chi connectivity index (χ2n) is 11.2. The first-order valence-electron chi connectivity index (χ1n) is 13.8. The summed E-state index contributed by atoms with van der Waals surface area (Å²) in [5.41, 5.74) is 0.870. The van der Waals surface area contributed by atoms with Gasteiger partial charge in [0.25, 0.3) is 0 Å². The van der Waals surface area contributed by atoms with Crippen LogP contribution in [0, 0.1) is 18.6 Å². The molecule has 5 rings (SSSR count). The normalized spacial score (nSPS) is 24.1. The van der Waals surface area contributed by atoms with E-state index in [9.17, 15) is 9.90 Å². The Balaban J connectivity index is 1.64. The number of morpholine rings is 1. The lowest BCUT2D eigenvalue weighted by atomic mass is 10.0. The highest BCUT2D eigenvalue weighted by Crippen LogP contribution is 2.33. The number of ether oxygens (including phenoxy) is 2. The lowest BCUT2D eigenvalue weighted by Crippen LogP contribution is -2.49. The van der Waals surface area contributed by atoms with Gasteiger partial charge in [0.05, 0.1) is 43.7 Å². The third-order valence-electron chi connectivity index (χ3n) is 8.01. The molecule has 2 aromatic heterocycles. The number of aliphatic hydroxyl groups is 1. The zero-order valence-corrected chi connectivity index (χ0v) is 23.6. The Kier molecular flexibility index (Phi) is 8.19. The van der Waals surface area contributed by atoms with Gasteiger partial charge in [0.15, 0.2) is 17.1 Å². The van der Waals surface area contributed by atoms with E-state index in [4.69, 9.17) is 9.47 Å². The van der Waals surface area contributed by atoms with Crippen LogP contribution in [0.25, 0.3) is 22.2 Å². The molecule has 0 radical (unpaired) electrons. The van der Waals surface area contributed by atoms with E-state index in [0.29, 0.717) is 38.3 Å². The number of aliphatic hydroxyl groups excluding tert-OH is 1. The number of fused-ring (bicyclic) bond motifs is 1. The van der Waals surface area contributed by atoms with Crippen molar-refractivity contribution >= 4 is 16.9 Å². The maximum atomic E-state index is 16.5. The third-order valence-corrected chi connectivity index (χ3v) is 8.01. The van der Waals surface area contributed by atoms with Crippen molar-refractivity contribution in [2.75, 3.05) is 31.7 Å². The third kappa shape index (κ3) is 5.23. The molecule has 3 aromatic rings. The molecule has 4 atom stereocenters. The Morgan fingerprint density at radius 2 is 1.88 bits per heavy atom. The summed E-state index contributed by atoms with van der Waals surface area (Å²) >= 11 is 0. The van der Waals surface area contributed by atoms with Crippen molar-refractivity contribution < 1.29 is 23.4 Å². The molecule has 1 aromatic carbocycles. The first-order valence-corrected chi connectivity index (χ1v) is 13.8. The van der Waals surface area contributed by atoms with E-state index >= 15 is 8.78 Å². The Morgan fingerprint density at radius 3 is 2.55 bits per heavy atom. The number of hydrogen-bond acceptors (Lipinski definition) is 8. The Morgan fingerprint density at radius 1 is 1.15 bits per heavy atom.